The summed E-state index contributed by atoms with van der Waals surface area (Å²) < 4.78 is 1.10. The van der Waals surface area contributed by atoms with Gasteiger partial charge in [0.2, 0.25) is 0 Å². The molecule has 0 aliphatic rings. The van der Waals surface area contributed by atoms with E-state index in [1.807, 2.05) is 0 Å². The molecule has 8 nitrogen and oxygen atoms in total. The molecular weight excluding hydrogens is 394 g/mol. The lowest BCUT2D eigenvalue weighted by Gasteiger charge is -2.21. The van der Waals surface area contributed by atoms with Gasteiger partial charge in [0, 0.05) is 17.1 Å². The fraction of sp³-hybridized carbons (Fsp3) is 0.250. The maximum Gasteiger partial charge on any atom is 0.284 e. The normalized spacial score (nSPS) is 13.0. The van der Waals surface area contributed by atoms with Crippen LogP contribution in [0.3, 0.4) is 0 Å². The van der Waals surface area contributed by atoms with E-state index in [9.17, 15) is 14.7 Å². The van der Waals surface area contributed by atoms with Crippen molar-refractivity contribution in [2.24, 2.45) is 0 Å². The Kier molecular flexibility index (Phi) is 6.05. The first-order valence-corrected chi connectivity index (χ1v) is 9.36. The number of aromatic nitrogens is 4. The van der Waals surface area contributed by atoms with Crippen LogP contribution in [-0.2, 0) is 0 Å². The van der Waals surface area contributed by atoms with Crippen LogP contribution < -0.4 is 10.9 Å². The van der Waals surface area contributed by atoms with E-state index in [1.54, 1.807) is 44.2 Å². The lowest BCUT2D eigenvalue weighted by atomic mass is 10.0. The second-order valence-electron chi connectivity index (χ2n) is 6.80. The minimum Gasteiger partial charge on any atom is -0.388 e. The highest BCUT2D eigenvalue weighted by atomic mass is 35.5. The minimum atomic E-state index is -1.07. The van der Waals surface area contributed by atoms with Crippen LogP contribution in [0.2, 0.25) is 5.02 Å². The molecule has 0 aliphatic carbocycles. The summed E-state index contributed by atoms with van der Waals surface area (Å²) in [6.45, 7) is 3.43. The fourth-order valence-corrected chi connectivity index (χ4v) is 2.62. The topological polar surface area (TPSA) is 110 Å². The van der Waals surface area contributed by atoms with Gasteiger partial charge in [-0.25, -0.2) is 0 Å². The smallest absolute Gasteiger partial charge is 0.284 e. The third-order valence-electron chi connectivity index (χ3n) is 4.50. The molecular formula is C20H20ClN5O3. The molecule has 1 amide bonds. The minimum absolute atomic E-state index is 0.0111. The van der Waals surface area contributed by atoms with Crippen molar-refractivity contribution in [1.29, 1.82) is 0 Å². The van der Waals surface area contributed by atoms with E-state index in [-0.39, 0.29) is 12.1 Å². The van der Waals surface area contributed by atoms with Crippen LogP contribution in [0, 0.1) is 0 Å². The summed E-state index contributed by atoms with van der Waals surface area (Å²) in [5, 5.41) is 25.2. The molecule has 0 saturated heterocycles. The molecule has 1 aromatic carbocycles. The third kappa shape index (κ3) is 4.85. The first-order valence-electron chi connectivity index (χ1n) is 8.99. The van der Waals surface area contributed by atoms with Crippen molar-refractivity contribution in [3.8, 4) is 16.9 Å². The van der Waals surface area contributed by atoms with Gasteiger partial charge >= 0.3 is 0 Å². The maximum atomic E-state index is 13.0. The first-order chi connectivity index (χ1) is 13.8. The summed E-state index contributed by atoms with van der Waals surface area (Å²) in [6, 6.07) is 9.87. The van der Waals surface area contributed by atoms with E-state index < -0.39 is 17.1 Å². The number of nitrogens with one attached hydrogen (secondary N) is 1. The largest absolute Gasteiger partial charge is 0.388 e. The standard InChI is InChI=1S/C20H20ClN5O3/c1-3-20(2,29)12-22-18(27)16-10-17(13-4-6-14(21)7-5-13)25-26(19(16)28)15-8-9-23-24-11-15/h4-11,29H,3,12H2,1-2H3,(H,22,27). The van der Waals surface area contributed by atoms with Gasteiger partial charge in [-0.05, 0) is 37.6 Å². The number of nitrogens with zero attached hydrogens (tertiary/aromatic N) is 4. The van der Waals surface area contributed by atoms with Gasteiger partial charge in [0.05, 0.1) is 29.4 Å². The summed E-state index contributed by atoms with van der Waals surface area (Å²) in [5.74, 6) is -0.600. The van der Waals surface area contributed by atoms with Gasteiger partial charge in [0.15, 0.2) is 0 Å². The first kappa shape index (κ1) is 20.6. The van der Waals surface area contributed by atoms with E-state index in [2.05, 4.69) is 20.6 Å². The second kappa shape index (κ2) is 8.50. The van der Waals surface area contributed by atoms with E-state index >= 15 is 0 Å². The van der Waals surface area contributed by atoms with E-state index in [4.69, 9.17) is 11.6 Å². The fourth-order valence-electron chi connectivity index (χ4n) is 2.49. The van der Waals surface area contributed by atoms with Gasteiger partial charge in [-0.2, -0.15) is 20.0 Å². The second-order valence-corrected chi connectivity index (χ2v) is 7.24. The molecule has 0 fully saturated rings. The zero-order valence-corrected chi connectivity index (χ0v) is 16.7. The molecule has 0 aliphatic heterocycles. The Morgan fingerprint density at radius 2 is 1.97 bits per heavy atom. The van der Waals surface area contributed by atoms with Crippen LogP contribution in [-0.4, -0.2) is 43.1 Å². The Morgan fingerprint density at radius 3 is 2.59 bits per heavy atom. The number of hydrogen-bond donors (Lipinski definition) is 2. The van der Waals surface area contributed by atoms with Crippen LogP contribution in [0.15, 0.2) is 53.6 Å². The Hall–Kier alpha value is -3.10. The van der Waals surface area contributed by atoms with Crippen molar-refractivity contribution in [1.82, 2.24) is 25.3 Å². The molecule has 0 radical (unpaired) electrons. The maximum absolute atomic E-state index is 13.0. The van der Waals surface area contributed by atoms with Gasteiger partial charge in [-0.1, -0.05) is 30.7 Å². The quantitative estimate of drug-likeness (QED) is 0.641. The summed E-state index contributed by atoms with van der Waals surface area (Å²) >= 11 is 5.95. The molecule has 0 bridgehead atoms. The third-order valence-corrected chi connectivity index (χ3v) is 4.75. The number of rotatable bonds is 6. The average Bonchev–Trinajstić information content (AvgIpc) is 2.73. The Bertz CT molecular complexity index is 1070. The molecule has 0 spiro atoms. The van der Waals surface area contributed by atoms with Crippen LogP contribution in [0.5, 0.6) is 0 Å². The highest BCUT2D eigenvalue weighted by molar-refractivity contribution is 6.30. The molecule has 2 aromatic heterocycles. The summed E-state index contributed by atoms with van der Waals surface area (Å²) in [4.78, 5) is 25.7. The van der Waals surface area contributed by atoms with Gasteiger partial charge in [-0.15, -0.1) is 0 Å². The number of amides is 1. The summed E-state index contributed by atoms with van der Waals surface area (Å²) in [5.41, 5.74) is -0.325. The molecule has 0 saturated carbocycles. The summed E-state index contributed by atoms with van der Waals surface area (Å²) in [6.07, 6.45) is 3.26. The number of halogens is 1. The van der Waals surface area contributed by atoms with Gasteiger partial charge in [-0.3, -0.25) is 9.59 Å². The zero-order valence-electron chi connectivity index (χ0n) is 16.0. The number of carbonyl (C=O) groups is 1. The van der Waals surface area contributed by atoms with Crippen molar-refractivity contribution < 1.29 is 9.90 Å². The molecule has 150 valence electrons. The monoisotopic (exact) mass is 413 g/mol. The van der Waals surface area contributed by atoms with Gasteiger partial charge in [0.1, 0.15) is 5.56 Å². The Morgan fingerprint density at radius 1 is 1.24 bits per heavy atom. The SMILES string of the molecule is CCC(C)(O)CNC(=O)c1cc(-c2ccc(Cl)cc2)nn(-c2ccnnc2)c1=O. The predicted octanol–water partition coefficient (Wildman–Crippen LogP) is 2.23. The molecule has 2 heterocycles. The molecule has 1 unspecified atom stereocenters. The lowest BCUT2D eigenvalue weighted by Crippen LogP contribution is -2.42. The van der Waals surface area contributed by atoms with Crippen LogP contribution in [0.25, 0.3) is 16.9 Å². The summed E-state index contributed by atoms with van der Waals surface area (Å²) in [7, 11) is 0. The van der Waals surface area contributed by atoms with E-state index in [0.29, 0.717) is 28.4 Å². The Balaban J connectivity index is 2.09. The number of hydrogen-bond acceptors (Lipinski definition) is 6. The lowest BCUT2D eigenvalue weighted by molar-refractivity contribution is 0.0518. The van der Waals surface area contributed by atoms with Crippen molar-refractivity contribution in [2.75, 3.05) is 6.54 Å². The molecule has 29 heavy (non-hydrogen) atoms. The molecule has 9 heteroatoms. The number of aliphatic hydroxyl groups is 1. The van der Waals surface area contributed by atoms with E-state index in [1.165, 1.54) is 18.5 Å². The average molecular weight is 414 g/mol. The van der Waals surface area contributed by atoms with Crippen LogP contribution in [0.1, 0.15) is 30.6 Å². The predicted molar refractivity (Wildman–Crippen MR) is 109 cm³/mol. The molecule has 1 atom stereocenters. The molecule has 3 aromatic rings. The van der Waals surface area contributed by atoms with Gasteiger partial charge in [0.25, 0.3) is 11.5 Å². The molecule has 3 rings (SSSR count). The number of benzene rings is 1. The Labute approximate surface area is 172 Å². The van der Waals surface area contributed by atoms with Crippen LogP contribution in [0.4, 0.5) is 0 Å². The van der Waals surface area contributed by atoms with Crippen LogP contribution >= 0.6 is 11.6 Å². The van der Waals surface area contributed by atoms with E-state index in [0.717, 1.165) is 4.68 Å². The zero-order chi connectivity index (χ0) is 21.0. The highest BCUT2D eigenvalue weighted by Gasteiger charge is 2.22. The van der Waals surface area contributed by atoms with Crippen molar-refractivity contribution in [3.05, 3.63) is 69.7 Å². The van der Waals surface area contributed by atoms with Crippen molar-refractivity contribution in [3.63, 3.8) is 0 Å². The van der Waals surface area contributed by atoms with Gasteiger partial charge < -0.3 is 10.4 Å². The highest BCUT2D eigenvalue weighted by Crippen LogP contribution is 2.20. The van der Waals surface area contributed by atoms with Crippen molar-refractivity contribution >= 4 is 17.5 Å². The van der Waals surface area contributed by atoms with Crippen molar-refractivity contribution in [2.45, 2.75) is 25.9 Å². The number of carbonyl (C=O) groups excluding carboxylic acids is 1. The molecule has 2 N–H and O–H groups in total.